The predicted octanol–water partition coefficient (Wildman–Crippen LogP) is 1.50. The molecule has 0 saturated carbocycles. The molecule has 22 heavy (non-hydrogen) atoms. The number of carboxylic acids is 1. The molecule has 2 rings (SSSR count). The van der Waals surface area contributed by atoms with Gasteiger partial charge in [0.15, 0.2) is 5.69 Å². The number of benzene rings is 1. The quantitative estimate of drug-likeness (QED) is 0.807. The van der Waals surface area contributed by atoms with Gasteiger partial charge >= 0.3 is 5.97 Å². The molecule has 2 N–H and O–H groups in total. The minimum Gasteiger partial charge on any atom is -0.481 e. The molecule has 0 aliphatic carbocycles. The zero-order valence-corrected chi connectivity index (χ0v) is 12.3. The molecule has 0 fully saturated rings. The van der Waals surface area contributed by atoms with E-state index in [9.17, 15) is 9.59 Å². The second-order valence-electron chi connectivity index (χ2n) is 4.92. The van der Waals surface area contributed by atoms with Gasteiger partial charge in [-0.2, -0.15) is 0 Å². The van der Waals surface area contributed by atoms with E-state index in [4.69, 9.17) is 5.11 Å². The highest BCUT2D eigenvalue weighted by Crippen LogP contribution is 2.07. The molecular weight excluding hydrogens is 284 g/mol. The van der Waals surface area contributed by atoms with Crippen molar-refractivity contribution in [3.8, 4) is 5.69 Å². The number of hydrogen-bond donors (Lipinski definition) is 2. The highest BCUT2D eigenvalue weighted by Gasteiger charge is 2.19. The van der Waals surface area contributed by atoms with Crippen LogP contribution in [-0.2, 0) is 4.79 Å². The van der Waals surface area contributed by atoms with Gasteiger partial charge in [0, 0.05) is 6.54 Å². The maximum atomic E-state index is 12.0. The summed E-state index contributed by atoms with van der Waals surface area (Å²) in [7, 11) is 0. The third kappa shape index (κ3) is 3.91. The molecule has 7 heteroatoms. The average Bonchev–Trinajstić information content (AvgIpc) is 3.01. The summed E-state index contributed by atoms with van der Waals surface area (Å²) in [4.78, 5) is 23.0. The standard InChI is InChI=1S/C15H18N4O3/c1-2-6-11(15(21)22)9-16-14(20)13-10-19(18-17-13)12-7-4-3-5-8-12/h3-5,7-8,10-11H,2,6,9H2,1H3,(H,16,20)(H,21,22). The summed E-state index contributed by atoms with van der Waals surface area (Å²) in [5, 5.41) is 19.4. The van der Waals surface area contributed by atoms with Crippen LogP contribution < -0.4 is 5.32 Å². The Labute approximate surface area is 128 Å². The van der Waals surface area contributed by atoms with Gasteiger partial charge in [-0.15, -0.1) is 5.10 Å². The number of nitrogens with one attached hydrogen (secondary N) is 1. The molecule has 1 heterocycles. The molecule has 1 unspecified atom stereocenters. The van der Waals surface area contributed by atoms with Crippen LogP contribution in [0.2, 0.25) is 0 Å². The molecule has 0 aliphatic heterocycles. The topological polar surface area (TPSA) is 97.1 Å². The van der Waals surface area contributed by atoms with E-state index >= 15 is 0 Å². The Kier molecular flexibility index (Phi) is 5.24. The first-order valence-corrected chi connectivity index (χ1v) is 7.10. The van der Waals surface area contributed by atoms with Gasteiger partial charge in [0.25, 0.3) is 5.91 Å². The minimum atomic E-state index is -0.907. The number of carboxylic acid groups (broad SMARTS) is 1. The largest absolute Gasteiger partial charge is 0.481 e. The molecule has 1 aromatic heterocycles. The Balaban J connectivity index is 1.99. The number of amides is 1. The first-order valence-electron chi connectivity index (χ1n) is 7.10. The van der Waals surface area contributed by atoms with Crippen molar-refractivity contribution >= 4 is 11.9 Å². The molecule has 0 radical (unpaired) electrons. The highest BCUT2D eigenvalue weighted by molar-refractivity contribution is 5.92. The van der Waals surface area contributed by atoms with Crippen molar-refractivity contribution < 1.29 is 14.7 Å². The summed E-state index contributed by atoms with van der Waals surface area (Å²) >= 11 is 0. The van der Waals surface area contributed by atoms with Crippen molar-refractivity contribution in [3.63, 3.8) is 0 Å². The summed E-state index contributed by atoms with van der Waals surface area (Å²) < 4.78 is 1.50. The number of aromatic nitrogens is 3. The number of para-hydroxylation sites is 1. The minimum absolute atomic E-state index is 0.0835. The van der Waals surface area contributed by atoms with E-state index < -0.39 is 17.8 Å². The summed E-state index contributed by atoms with van der Waals surface area (Å²) in [6, 6.07) is 9.29. The van der Waals surface area contributed by atoms with Crippen molar-refractivity contribution in [2.45, 2.75) is 19.8 Å². The van der Waals surface area contributed by atoms with Crippen LogP contribution in [0, 0.1) is 5.92 Å². The lowest BCUT2D eigenvalue weighted by atomic mass is 10.0. The van der Waals surface area contributed by atoms with E-state index in [2.05, 4.69) is 15.6 Å². The fourth-order valence-corrected chi connectivity index (χ4v) is 2.04. The molecule has 1 aromatic carbocycles. The molecule has 1 atom stereocenters. The predicted molar refractivity (Wildman–Crippen MR) is 79.7 cm³/mol. The summed E-state index contributed by atoms with van der Waals surface area (Å²) in [5.41, 5.74) is 0.952. The van der Waals surface area contributed by atoms with Crippen LogP contribution in [-0.4, -0.2) is 38.5 Å². The monoisotopic (exact) mass is 302 g/mol. The second kappa shape index (κ2) is 7.35. The average molecular weight is 302 g/mol. The van der Waals surface area contributed by atoms with Gasteiger partial charge < -0.3 is 10.4 Å². The summed E-state index contributed by atoms with van der Waals surface area (Å²) in [6.45, 7) is 1.99. The fraction of sp³-hybridized carbons (Fsp3) is 0.333. The number of carbonyl (C=O) groups is 2. The Bertz CT molecular complexity index is 639. The summed E-state index contributed by atoms with van der Waals surface area (Å²) in [6.07, 6.45) is 2.78. The van der Waals surface area contributed by atoms with Crippen molar-refractivity contribution in [2.75, 3.05) is 6.54 Å². The third-order valence-corrected chi connectivity index (χ3v) is 3.24. The van der Waals surface area contributed by atoms with E-state index in [0.717, 1.165) is 12.1 Å². The van der Waals surface area contributed by atoms with E-state index in [1.54, 1.807) is 0 Å². The Morgan fingerprint density at radius 2 is 2.05 bits per heavy atom. The van der Waals surface area contributed by atoms with E-state index in [1.165, 1.54) is 10.9 Å². The van der Waals surface area contributed by atoms with Crippen LogP contribution >= 0.6 is 0 Å². The molecule has 0 saturated heterocycles. The number of aliphatic carboxylic acids is 1. The molecule has 7 nitrogen and oxygen atoms in total. The maximum absolute atomic E-state index is 12.0. The van der Waals surface area contributed by atoms with Crippen LogP contribution in [0.15, 0.2) is 36.5 Å². The lowest BCUT2D eigenvalue weighted by Crippen LogP contribution is -2.33. The van der Waals surface area contributed by atoms with Crippen molar-refractivity contribution in [1.82, 2.24) is 20.3 Å². The van der Waals surface area contributed by atoms with Crippen LogP contribution in [0.25, 0.3) is 5.69 Å². The molecule has 2 aromatic rings. The molecule has 0 aliphatic rings. The third-order valence-electron chi connectivity index (χ3n) is 3.24. The first kappa shape index (κ1) is 15.7. The normalized spacial score (nSPS) is 11.9. The zero-order chi connectivity index (χ0) is 15.9. The zero-order valence-electron chi connectivity index (χ0n) is 12.3. The van der Waals surface area contributed by atoms with Crippen molar-refractivity contribution in [2.24, 2.45) is 5.92 Å². The van der Waals surface area contributed by atoms with E-state index in [-0.39, 0.29) is 12.2 Å². The van der Waals surface area contributed by atoms with Crippen LogP contribution in [0.4, 0.5) is 0 Å². The Morgan fingerprint density at radius 3 is 2.68 bits per heavy atom. The van der Waals surface area contributed by atoms with Gasteiger partial charge in [0.1, 0.15) is 0 Å². The smallest absolute Gasteiger partial charge is 0.308 e. The number of rotatable bonds is 7. The van der Waals surface area contributed by atoms with Crippen LogP contribution in [0.3, 0.4) is 0 Å². The van der Waals surface area contributed by atoms with Crippen LogP contribution in [0.5, 0.6) is 0 Å². The number of nitrogens with zero attached hydrogens (tertiary/aromatic N) is 3. The van der Waals surface area contributed by atoms with Gasteiger partial charge in [-0.05, 0) is 18.6 Å². The van der Waals surface area contributed by atoms with Crippen molar-refractivity contribution in [3.05, 3.63) is 42.2 Å². The second-order valence-corrected chi connectivity index (χ2v) is 4.92. The maximum Gasteiger partial charge on any atom is 0.308 e. The van der Waals surface area contributed by atoms with Gasteiger partial charge in [-0.25, -0.2) is 4.68 Å². The van der Waals surface area contributed by atoms with E-state index in [1.807, 2.05) is 37.3 Å². The van der Waals surface area contributed by atoms with Gasteiger partial charge in [-0.3, -0.25) is 9.59 Å². The van der Waals surface area contributed by atoms with Gasteiger partial charge in [-0.1, -0.05) is 36.8 Å². The molecule has 0 spiro atoms. The van der Waals surface area contributed by atoms with Crippen molar-refractivity contribution in [1.29, 1.82) is 0 Å². The Hall–Kier alpha value is -2.70. The fourth-order valence-electron chi connectivity index (χ4n) is 2.04. The molecular formula is C15H18N4O3. The van der Waals surface area contributed by atoms with Gasteiger partial charge in [0.2, 0.25) is 0 Å². The number of hydrogen-bond acceptors (Lipinski definition) is 4. The SMILES string of the molecule is CCCC(CNC(=O)c1cn(-c2ccccc2)nn1)C(=O)O. The first-order chi connectivity index (χ1) is 10.6. The van der Waals surface area contributed by atoms with Gasteiger partial charge in [0.05, 0.1) is 17.8 Å². The highest BCUT2D eigenvalue weighted by atomic mass is 16.4. The number of carbonyl (C=O) groups excluding carboxylic acids is 1. The molecule has 1 amide bonds. The summed E-state index contributed by atoms with van der Waals surface area (Å²) in [5.74, 6) is -1.92. The lowest BCUT2D eigenvalue weighted by molar-refractivity contribution is -0.141. The molecule has 0 bridgehead atoms. The molecule has 116 valence electrons. The van der Waals surface area contributed by atoms with Crippen LogP contribution in [0.1, 0.15) is 30.3 Å². The van der Waals surface area contributed by atoms with E-state index in [0.29, 0.717) is 6.42 Å². The lowest BCUT2D eigenvalue weighted by Gasteiger charge is -2.11. The Morgan fingerprint density at radius 1 is 1.32 bits per heavy atom.